The quantitative estimate of drug-likeness (QED) is 0.179. The highest BCUT2D eigenvalue weighted by Gasteiger charge is 2.25. The number of rotatable bonds is 11. The van der Waals surface area contributed by atoms with Crippen LogP contribution in [0.15, 0.2) is 17.6 Å². The topological polar surface area (TPSA) is 183 Å². The molecule has 12 nitrogen and oxygen atoms in total. The second kappa shape index (κ2) is 11.4. The van der Waals surface area contributed by atoms with Crippen LogP contribution in [-0.4, -0.2) is 57.2 Å². The van der Waals surface area contributed by atoms with Crippen molar-refractivity contribution in [2.75, 3.05) is 13.2 Å². The molecule has 0 radical (unpaired) electrons. The molecular weight excluding hydrogens is 380 g/mol. The first kappa shape index (κ1) is 21.9. The fourth-order valence-corrected chi connectivity index (χ4v) is 2.44. The summed E-state index contributed by atoms with van der Waals surface area (Å²) in [5, 5.41) is 2.53. The Balaban J connectivity index is 2.00. The van der Waals surface area contributed by atoms with Crippen LogP contribution in [0.1, 0.15) is 39.0 Å². The van der Waals surface area contributed by atoms with Crippen molar-refractivity contribution in [3.8, 4) is 5.88 Å². The van der Waals surface area contributed by atoms with Crippen molar-refractivity contribution in [3.63, 3.8) is 0 Å². The van der Waals surface area contributed by atoms with E-state index in [0.717, 1.165) is 19.3 Å². The van der Waals surface area contributed by atoms with E-state index in [1.54, 1.807) is 0 Å². The van der Waals surface area contributed by atoms with Crippen LogP contribution in [0.2, 0.25) is 0 Å². The third kappa shape index (κ3) is 7.24. The van der Waals surface area contributed by atoms with Crippen molar-refractivity contribution in [2.45, 2.75) is 45.1 Å². The average molecular weight is 406 g/mol. The number of ether oxygens (including phenoxy) is 2. The number of alkyl carbamates (subject to hydrolysis) is 1. The summed E-state index contributed by atoms with van der Waals surface area (Å²) in [6, 6.07) is -0.962. The van der Waals surface area contributed by atoms with Crippen LogP contribution in [0.25, 0.3) is 11.2 Å². The molecule has 0 aromatic carbocycles. The van der Waals surface area contributed by atoms with Crippen LogP contribution in [0, 0.1) is 0 Å². The van der Waals surface area contributed by atoms with E-state index in [2.05, 4.69) is 30.2 Å². The van der Waals surface area contributed by atoms with Gasteiger partial charge >= 0.3 is 12.1 Å². The summed E-state index contributed by atoms with van der Waals surface area (Å²) in [6.45, 7) is 2.63. The molecule has 0 fully saturated rings. The molecule has 6 N–H and O–H groups in total. The summed E-state index contributed by atoms with van der Waals surface area (Å²) in [4.78, 5) is 43.2. The van der Waals surface area contributed by atoms with Gasteiger partial charge in [0.15, 0.2) is 11.6 Å². The van der Waals surface area contributed by atoms with Gasteiger partial charge in [-0.05, 0) is 19.3 Å². The lowest BCUT2D eigenvalue weighted by atomic mass is 10.1. The first-order valence-corrected chi connectivity index (χ1v) is 9.35. The van der Waals surface area contributed by atoms with E-state index in [-0.39, 0.29) is 24.9 Å². The number of unbranched alkanes of at least 4 members (excludes halogenated alkanes) is 2. The van der Waals surface area contributed by atoms with E-state index in [0.29, 0.717) is 24.1 Å². The standard InChI is InChI=1S/C17H26N8O4/c1-2-3-4-8-28-17(27)25-11(6-5-7-20-16(18)19)15(26)29-14-12-13(22-9-21-12)23-10-24-14/h9-11H,2-8H2,1H3,(H,25,27)(H4,18,19,20)(H,21,22,23,24)/t11-/m0/s1. The number of aromatic amines is 1. The number of hydrogen-bond donors (Lipinski definition) is 4. The predicted molar refractivity (Wildman–Crippen MR) is 105 cm³/mol. The number of H-pyrrole nitrogens is 1. The molecule has 158 valence electrons. The zero-order chi connectivity index (χ0) is 21.1. The highest BCUT2D eigenvalue weighted by atomic mass is 16.6. The van der Waals surface area contributed by atoms with Gasteiger partial charge in [0, 0.05) is 6.54 Å². The minimum Gasteiger partial charge on any atom is -0.450 e. The van der Waals surface area contributed by atoms with Gasteiger partial charge in [0.1, 0.15) is 17.9 Å². The van der Waals surface area contributed by atoms with E-state index in [1.165, 1.54) is 12.7 Å². The predicted octanol–water partition coefficient (Wildman–Crippen LogP) is 0.597. The SMILES string of the molecule is CCCCCOC(=O)N[C@@H](CCCN=C(N)N)C(=O)Oc1ncnc2nc[nH]c12. The summed E-state index contributed by atoms with van der Waals surface area (Å²) >= 11 is 0. The minimum absolute atomic E-state index is 0.0184. The number of nitrogens with two attached hydrogens (primary N) is 2. The Bertz CT molecular complexity index is 834. The van der Waals surface area contributed by atoms with Crippen molar-refractivity contribution in [2.24, 2.45) is 16.5 Å². The molecule has 0 aliphatic rings. The van der Waals surface area contributed by atoms with E-state index >= 15 is 0 Å². The molecule has 2 aromatic rings. The zero-order valence-electron chi connectivity index (χ0n) is 16.3. The van der Waals surface area contributed by atoms with Gasteiger partial charge in [-0.3, -0.25) is 4.99 Å². The molecule has 0 spiro atoms. The van der Waals surface area contributed by atoms with E-state index in [4.69, 9.17) is 20.9 Å². The van der Waals surface area contributed by atoms with Crippen molar-refractivity contribution >= 4 is 29.2 Å². The third-order valence-corrected chi connectivity index (χ3v) is 3.89. The normalized spacial score (nSPS) is 11.6. The fourth-order valence-electron chi connectivity index (χ4n) is 2.44. The highest BCUT2D eigenvalue weighted by Crippen LogP contribution is 2.18. The number of nitrogens with zero attached hydrogens (tertiary/aromatic N) is 4. The molecule has 1 amide bonds. The molecular formula is C17H26N8O4. The van der Waals surface area contributed by atoms with Gasteiger partial charge in [-0.2, -0.15) is 4.98 Å². The van der Waals surface area contributed by atoms with Gasteiger partial charge < -0.3 is 31.2 Å². The number of fused-ring (bicyclic) bond motifs is 1. The fraction of sp³-hybridized carbons (Fsp3) is 0.529. The molecule has 0 saturated carbocycles. The van der Waals surface area contributed by atoms with Crippen LogP contribution in [0.3, 0.4) is 0 Å². The molecule has 2 rings (SSSR count). The lowest BCUT2D eigenvalue weighted by Gasteiger charge is -2.17. The number of nitrogens with one attached hydrogen (secondary N) is 2. The van der Waals surface area contributed by atoms with Gasteiger partial charge in [0.2, 0.25) is 0 Å². The van der Waals surface area contributed by atoms with Gasteiger partial charge in [-0.25, -0.2) is 19.6 Å². The summed E-state index contributed by atoms with van der Waals surface area (Å²) in [5.41, 5.74) is 11.3. The molecule has 0 aliphatic carbocycles. The molecule has 0 saturated heterocycles. The van der Waals surface area contributed by atoms with Crippen LogP contribution < -0.4 is 21.5 Å². The van der Waals surface area contributed by atoms with Crippen molar-refractivity contribution in [1.82, 2.24) is 25.3 Å². The number of carbonyl (C=O) groups is 2. The molecule has 29 heavy (non-hydrogen) atoms. The average Bonchev–Trinajstić information content (AvgIpc) is 3.17. The molecule has 0 unspecified atom stereocenters. The lowest BCUT2D eigenvalue weighted by molar-refractivity contribution is -0.137. The molecule has 12 heteroatoms. The largest absolute Gasteiger partial charge is 0.450 e. The van der Waals surface area contributed by atoms with Gasteiger partial charge in [-0.1, -0.05) is 19.8 Å². The molecule has 0 aliphatic heterocycles. The second-order valence-electron chi connectivity index (χ2n) is 6.19. The van der Waals surface area contributed by atoms with Crippen molar-refractivity contribution < 1.29 is 19.1 Å². The number of aromatic nitrogens is 4. The Morgan fingerprint density at radius 2 is 2.07 bits per heavy atom. The summed E-state index contributed by atoms with van der Waals surface area (Å²) in [5.74, 6) is -0.727. The van der Waals surface area contributed by atoms with Crippen molar-refractivity contribution in [1.29, 1.82) is 0 Å². The smallest absolute Gasteiger partial charge is 0.407 e. The maximum atomic E-state index is 12.6. The third-order valence-electron chi connectivity index (χ3n) is 3.89. The summed E-state index contributed by atoms with van der Waals surface area (Å²) in [7, 11) is 0. The maximum absolute atomic E-state index is 12.6. The monoisotopic (exact) mass is 406 g/mol. The number of guanidine groups is 1. The Morgan fingerprint density at radius 3 is 2.83 bits per heavy atom. The Kier molecular flexibility index (Phi) is 8.60. The summed E-state index contributed by atoms with van der Waals surface area (Å²) < 4.78 is 10.5. The Hall–Kier alpha value is -3.44. The van der Waals surface area contributed by atoms with E-state index < -0.39 is 18.1 Å². The van der Waals surface area contributed by atoms with Gasteiger partial charge in [-0.15, -0.1) is 0 Å². The van der Waals surface area contributed by atoms with Crippen LogP contribution >= 0.6 is 0 Å². The van der Waals surface area contributed by atoms with Crippen molar-refractivity contribution in [3.05, 3.63) is 12.7 Å². The second-order valence-corrected chi connectivity index (χ2v) is 6.19. The Labute approximate surface area is 167 Å². The Morgan fingerprint density at radius 1 is 1.24 bits per heavy atom. The van der Waals surface area contributed by atoms with Gasteiger partial charge in [0.05, 0.1) is 12.9 Å². The van der Waals surface area contributed by atoms with Crippen LogP contribution in [0.4, 0.5) is 4.79 Å². The zero-order valence-corrected chi connectivity index (χ0v) is 16.3. The molecule has 1 atom stereocenters. The number of imidazole rings is 1. The molecule has 2 aromatic heterocycles. The van der Waals surface area contributed by atoms with Gasteiger partial charge in [0.25, 0.3) is 5.88 Å². The number of esters is 1. The molecule has 0 bridgehead atoms. The number of amides is 1. The van der Waals surface area contributed by atoms with Crippen LogP contribution in [0.5, 0.6) is 5.88 Å². The first-order chi connectivity index (χ1) is 14.0. The summed E-state index contributed by atoms with van der Waals surface area (Å²) in [6.07, 6.45) is 5.34. The number of carbonyl (C=O) groups excluding carboxylic acids is 2. The highest BCUT2D eigenvalue weighted by molar-refractivity contribution is 5.85. The minimum atomic E-state index is -0.962. The number of hydrogen-bond acceptors (Lipinski definition) is 8. The lowest BCUT2D eigenvalue weighted by Crippen LogP contribution is -2.43. The maximum Gasteiger partial charge on any atom is 0.407 e. The van der Waals surface area contributed by atoms with E-state index in [1.807, 2.05) is 6.92 Å². The first-order valence-electron chi connectivity index (χ1n) is 9.35. The molecule has 2 heterocycles. The van der Waals surface area contributed by atoms with E-state index in [9.17, 15) is 9.59 Å². The number of aliphatic imine (C=N–C) groups is 1. The van der Waals surface area contributed by atoms with Crippen LogP contribution in [-0.2, 0) is 9.53 Å².